The summed E-state index contributed by atoms with van der Waals surface area (Å²) >= 11 is 15.4. The molecule has 0 saturated carbocycles. The summed E-state index contributed by atoms with van der Waals surface area (Å²) in [4.78, 5) is 12.1. The molecule has 1 heterocycles. The van der Waals surface area contributed by atoms with Gasteiger partial charge in [-0.1, -0.05) is 39.1 Å². The zero-order valence-corrected chi connectivity index (χ0v) is 12.7. The third-order valence-electron chi connectivity index (χ3n) is 2.92. The first-order valence-corrected chi connectivity index (χ1v) is 7.29. The van der Waals surface area contributed by atoms with Gasteiger partial charge in [0.2, 0.25) is 5.91 Å². The fraction of sp³-hybridized carbons (Fsp3) is 0.417. The van der Waals surface area contributed by atoms with Crippen LogP contribution in [0.5, 0.6) is 0 Å². The molecule has 1 aliphatic rings. The van der Waals surface area contributed by atoms with Crippen LogP contribution in [-0.2, 0) is 4.79 Å². The van der Waals surface area contributed by atoms with Gasteiger partial charge in [0.15, 0.2) is 0 Å². The summed E-state index contributed by atoms with van der Waals surface area (Å²) in [6.07, 6.45) is 1.91. The number of amides is 1. The van der Waals surface area contributed by atoms with Crippen LogP contribution in [0.4, 0.5) is 5.69 Å². The number of anilines is 1. The summed E-state index contributed by atoms with van der Waals surface area (Å²) in [6, 6.07) is 3.42. The van der Waals surface area contributed by atoms with Gasteiger partial charge in [0.25, 0.3) is 0 Å². The van der Waals surface area contributed by atoms with Crippen molar-refractivity contribution in [3.63, 3.8) is 0 Å². The van der Waals surface area contributed by atoms with Crippen LogP contribution in [0.15, 0.2) is 16.6 Å². The second-order valence-corrected chi connectivity index (χ2v) is 6.01. The van der Waals surface area contributed by atoms with E-state index in [0.29, 0.717) is 22.3 Å². The van der Waals surface area contributed by atoms with Crippen molar-refractivity contribution in [3.05, 3.63) is 26.7 Å². The molecule has 2 rings (SSSR count). The molecule has 18 heavy (non-hydrogen) atoms. The SMILES string of the molecule is O=C(Nc1c(Cl)cc(Br)cc1Cl)[C@@H]1CCCNC1. The fourth-order valence-electron chi connectivity index (χ4n) is 1.96. The lowest BCUT2D eigenvalue weighted by Gasteiger charge is -2.22. The number of carbonyl (C=O) groups is 1. The topological polar surface area (TPSA) is 41.1 Å². The Hall–Kier alpha value is -0.290. The highest BCUT2D eigenvalue weighted by molar-refractivity contribution is 9.10. The van der Waals surface area contributed by atoms with E-state index in [9.17, 15) is 4.79 Å². The molecule has 1 atom stereocenters. The summed E-state index contributed by atoms with van der Waals surface area (Å²) in [7, 11) is 0. The maximum absolute atomic E-state index is 12.1. The number of benzene rings is 1. The molecule has 1 fully saturated rings. The van der Waals surface area contributed by atoms with Crippen molar-refractivity contribution < 1.29 is 4.79 Å². The average Bonchev–Trinajstić information content (AvgIpc) is 2.34. The van der Waals surface area contributed by atoms with E-state index in [1.54, 1.807) is 12.1 Å². The minimum atomic E-state index is -0.0340. The highest BCUT2D eigenvalue weighted by Crippen LogP contribution is 2.34. The van der Waals surface area contributed by atoms with Crippen molar-refractivity contribution >= 4 is 50.7 Å². The molecule has 6 heteroatoms. The molecule has 0 radical (unpaired) electrons. The van der Waals surface area contributed by atoms with E-state index >= 15 is 0 Å². The zero-order chi connectivity index (χ0) is 13.1. The van der Waals surface area contributed by atoms with Gasteiger partial charge >= 0.3 is 0 Å². The number of hydrogen-bond donors (Lipinski definition) is 2. The molecule has 1 saturated heterocycles. The van der Waals surface area contributed by atoms with Crippen LogP contribution in [0.2, 0.25) is 10.0 Å². The highest BCUT2D eigenvalue weighted by atomic mass is 79.9. The molecule has 1 aliphatic heterocycles. The Morgan fingerprint density at radius 1 is 1.39 bits per heavy atom. The quantitative estimate of drug-likeness (QED) is 0.853. The molecule has 98 valence electrons. The lowest BCUT2D eigenvalue weighted by atomic mass is 9.99. The second-order valence-electron chi connectivity index (χ2n) is 4.28. The summed E-state index contributed by atoms with van der Waals surface area (Å²) in [5.74, 6) is -0.0529. The van der Waals surface area contributed by atoms with E-state index in [1.165, 1.54) is 0 Å². The Kier molecular flexibility index (Phi) is 4.90. The zero-order valence-electron chi connectivity index (χ0n) is 9.60. The lowest BCUT2D eigenvalue weighted by molar-refractivity contribution is -0.120. The van der Waals surface area contributed by atoms with Gasteiger partial charge in [-0.15, -0.1) is 0 Å². The van der Waals surface area contributed by atoms with Gasteiger partial charge in [-0.3, -0.25) is 4.79 Å². The first-order chi connectivity index (χ1) is 8.58. The molecule has 2 N–H and O–H groups in total. The Labute approximate surface area is 124 Å². The van der Waals surface area contributed by atoms with Gasteiger partial charge in [0, 0.05) is 11.0 Å². The molecule has 0 bridgehead atoms. The smallest absolute Gasteiger partial charge is 0.228 e. The number of hydrogen-bond acceptors (Lipinski definition) is 2. The van der Waals surface area contributed by atoms with Gasteiger partial charge in [-0.2, -0.15) is 0 Å². The molecular formula is C12H13BrCl2N2O. The predicted octanol–water partition coefficient (Wildman–Crippen LogP) is 3.69. The maximum atomic E-state index is 12.1. The minimum absolute atomic E-state index is 0.0190. The minimum Gasteiger partial charge on any atom is -0.323 e. The summed E-state index contributed by atoms with van der Waals surface area (Å²) in [6.45, 7) is 1.68. The van der Waals surface area contributed by atoms with Gasteiger partial charge < -0.3 is 10.6 Å². The Morgan fingerprint density at radius 2 is 2.06 bits per heavy atom. The van der Waals surface area contributed by atoms with E-state index in [2.05, 4.69) is 26.6 Å². The first kappa shape index (κ1) is 14.1. The van der Waals surface area contributed by atoms with Gasteiger partial charge in [-0.05, 0) is 31.5 Å². The van der Waals surface area contributed by atoms with Crippen molar-refractivity contribution in [1.29, 1.82) is 0 Å². The number of carbonyl (C=O) groups excluding carboxylic acids is 1. The van der Waals surface area contributed by atoms with Crippen molar-refractivity contribution in [2.75, 3.05) is 18.4 Å². The van der Waals surface area contributed by atoms with Crippen molar-refractivity contribution in [1.82, 2.24) is 5.32 Å². The van der Waals surface area contributed by atoms with Crippen LogP contribution in [0.3, 0.4) is 0 Å². The third kappa shape index (κ3) is 3.38. The van der Waals surface area contributed by atoms with Crippen LogP contribution in [0.25, 0.3) is 0 Å². The normalized spacial score (nSPS) is 19.6. The van der Waals surface area contributed by atoms with Gasteiger partial charge in [-0.25, -0.2) is 0 Å². The summed E-state index contributed by atoms with van der Waals surface area (Å²) in [5.41, 5.74) is 0.483. The lowest BCUT2D eigenvalue weighted by Crippen LogP contribution is -2.37. The maximum Gasteiger partial charge on any atom is 0.228 e. The molecule has 1 aromatic rings. The number of piperidine rings is 1. The molecular weight excluding hydrogens is 339 g/mol. The molecule has 0 aromatic heterocycles. The Bertz CT molecular complexity index is 438. The average molecular weight is 352 g/mol. The largest absolute Gasteiger partial charge is 0.323 e. The third-order valence-corrected chi connectivity index (χ3v) is 3.98. The Morgan fingerprint density at radius 3 is 2.61 bits per heavy atom. The van der Waals surface area contributed by atoms with E-state index in [-0.39, 0.29) is 11.8 Å². The second kappa shape index (κ2) is 6.24. The predicted molar refractivity (Wildman–Crippen MR) is 78.4 cm³/mol. The summed E-state index contributed by atoms with van der Waals surface area (Å²) in [5, 5.41) is 6.89. The molecule has 0 aliphatic carbocycles. The van der Waals surface area contributed by atoms with Crippen LogP contribution in [0, 0.1) is 5.92 Å². The number of rotatable bonds is 2. The Balaban J connectivity index is 2.11. The van der Waals surface area contributed by atoms with Crippen molar-refractivity contribution in [2.24, 2.45) is 5.92 Å². The molecule has 3 nitrogen and oxygen atoms in total. The van der Waals surface area contributed by atoms with E-state index in [1.807, 2.05) is 0 Å². The fourth-order valence-corrected chi connectivity index (χ4v) is 3.27. The molecule has 0 spiro atoms. The van der Waals surface area contributed by atoms with Crippen LogP contribution < -0.4 is 10.6 Å². The standard InChI is InChI=1S/C12H13BrCl2N2O/c13-8-4-9(14)11(10(15)5-8)17-12(18)7-2-1-3-16-6-7/h4-5,7,16H,1-3,6H2,(H,17,18)/t7-/m1/s1. The van der Waals surface area contributed by atoms with Crippen LogP contribution in [-0.4, -0.2) is 19.0 Å². The highest BCUT2D eigenvalue weighted by Gasteiger charge is 2.22. The van der Waals surface area contributed by atoms with E-state index in [0.717, 1.165) is 23.9 Å². The molecule has 0 unspecified atom stereocenters. The molecule has 1 amide bonds. The monoisotopic (exact) mass is 350 g/mol. The van der Waals surface area contributed by atoms with Gasteiger partial charge in [0.1, 0.15) is 0 Å². The van der Waals surface area contributed by atoms with Crippen molar-refractivity contribution in [2.45, 2.75) is 12.8 Å². The summed E-state index contributed by atoms with van der Waals surface area (Å²) < 4.78 is 0.787. The number of halogens is 3. The first-order valence-electron chi connectivity index (χ1n) is 5.74. The van der Waals surface area contributed by atoms with Crippen LogP contribution in [0.1, 0.15) is 12.8 Å². The van der Waals surface area contributed by atoms with E-state index < -0.39 is 0 Å². The number of nitrogens with one attached hydrogen (secondary N) is 2. The van der Waals surface area contributed by atoms with Crippen LogP contribution >= 0.6 is 39.1 Å². The van der Waals surface area contributed by atoms with E-state index in [4.69, 9.17) is 23.2 Å². The van der Waals surface area contributed by atoms with Gasteiger partial charge in [0.05, 0.1) is 21.7 Å². The van der Waals surface area contributed by atoms with Crippen molar-refractivity contribution in [3.8, 4) is 0 Å². The molecule has 1 aromatic carbocycles.